The van der Waals surface area contributed by atoms with Gasteiger partial charge in [-0.3, -0.25) is 4.79 Å². The van der Waals surface area contributed by atoms with Gasteiger partial charge in [0.05, 0.1) is 12.5 Å². The number of hydrogen-bond acceptors (Lipinski definition) is 3. The number of nitrogens with two attached hydrogens (primary N) is 1. The minimum absolute atomic E-state index is 0.0159. The Bertz CT molecular complexity index is 317. The molecule has 0 bridgehead atoms. The van der Waals surface area contributed by atoms with Crippen molar-refractivity contribution in [3.63, 3.8) is 0 Å². The number of ether oxygens (including phenoxy) is 1. The molecule has 1 aliphatic carbocycles. The Hall–Kier alpha value is -0.610. The molecule has 1 amide bonds. The van der Waals surface area contributed by atoms with E-state index < -0.39 is 0 Å². The second kappa shape index (κ2) is 4.49. The van der Waals surface area contributed by atoms with Crippen molar-refractivity contribution in [1.82, 2.24) is 5.32 Å². The van der Waals surface area contributed by atoms with E-state index in [1.807, 2.05) is 0 Å². The SMILES string of the molecule is CC1(C)C(N)C(C)(C)C1NC(=O)C1CCCOC1. The largest absolute Gasteiger partial charge is 0.381 e. The average Bonchev–Trinajstić information content (AvgIpc) is 2.35. The van der Waals surface area contributed by atoms with Crippen LogP contribution in [0.1, 0.15) is 40.5 Å². The van der Waals surface area contributed by atoms with Crippen molar-refractivity contribution in [2.24, 2.45) is 22.5 Å². The lowest BCUT2D eigenvalue weighted by Gasteiger charge is -2.63. The highest BCUT2D eigenvalue weighted by atomic mass is 16.5. The second-order valence-electron chi connectivity index (χ2n) is 6.98. The number of carbonyl (C=O) groups is 1. The first kappa shape index (κ1) is 13.8. The fraction of sp³-hybridized carbons (Fsp3) is 0.929. The molecule has 0 aromatic carbocycles. The van der Waals surface area contributed by atoms with Gasteiger partial charge < -0.3 is 15.8 Å². The predicted molar refractivity (Wildman–Crippen MR) is 71.0 cm³/mol. The number of carbonyl (C=O) groups excluding carboxylic acids is 1. The maximum absolute atomic E-state index is 12.3. The topological polar surface area (TPSA) is 64.3 Å². The Morgan fingerprint density at radius 1 is 1.28 bits per heavy atom. The zero-order valence-corrected chi connectivity index (χ0v) is 12.0. The van der Waals surface area contributed by atoms with E-state index in [9.17, 15) is 4.79 Å². The molecule has 104 valence electrons. The molecule has 0 aromatic rings. The summed E-state index contributed by atoms with van der Waals surface area (Å²) in [5, 5.41) is 3.20. The van der Waals surface area contributed by atoms with Crippen LogP contribution in [0.3, 0.4) is 0 Å². The summed E-state index contributed by atoms with van der Waals surface area (Å²) in [6, 6.07) is 0.271. The van der Waals surface area contributed by atoms with Crippen molar-refractivity contribution in [2.75, 3.05) is 13.2 Å². The summed E-state index contributed by atoms with van der Waals surface area (Å²) in [5.41, 5.74) is 6.14. The molecule has 1 heterocycles. The van der Waals surface area contributed by atoms with Crippen LogP contribution in [-0.4, -0.2) is 31.2 Å². The molecule has 4 nitrogen and oxygen atoms in total. The molecule has 0 spiro atoms. The maximum atomic E-state index is 12.3. The van der Waals surface area contributed by atoms with E-state index in [0.717, 1.165) is 19.4 Å². The summed E-state index contributed by atoms with van der Waals surface area (Å²) in [7, 11) is 0. The Kier molecular flexibility index (Phi) is 3.45. The molecule has 4 heteroatoms. The van der Waals surface area contributed by atoms with E-state index in [0.29, 0.717) is 6.61 Å². The van der Waals surface area contributed by atoms with E-state index in [1.54, 1.807) is 0 Å². The lowest BCUT2D eigenvalue weighted by molar-refractivity contribution is -0.139. The molecule has 0 aromatic heterocycles. The van der Waals surface area contributed by atoms with Crippen LogP contribution >= 0.6 is 0 Å². The molecule has 18 heavy (non-hydrogen) atoms. The molecular formula is C14H26N2O2. The fourth-order valence-electron chi connectivity index (χ4n) is 3.76. The smallest absolute Gasteiger partial charge is 0.225 e. The van der Waals surface area contributed by atoms with Crippen molar-refractivity contribution < 1.29 is 9.53 Å². The minimum atomic E-state index is -0.0331. The van der Waals surface area contributed by atoms with Gasteiger partial charge in [0.15, 0.2) is 0 Å². The number of amides is 1. The summed E-state index contributed by atoms with van der Waals surface area (Å²) in [5.74, 6) is 0.148. The van der Waals surface area contributed by atoms with Gasteiger partial charge in [-0.2, -0.15) is 0 Å². The van der Waals surface area contributed by atoms with E-state index in [2.05, 4.69) is 33.0 Å². The van der Waals surface area contributed by atoms with E-state index in [1.165, 1.54) is 0 Å². The van der Waals surface area contributed by atoms with E-state index in [4.69, 9.17) is 10.5 Å². The maximum Gasteiger partial charge on any atom is 0.225 e. The van der Waals surface area contributed by atoms with E-state index >= 15 is 0 Å². The van der Waals surface area contributed by atoms with Crippen LogP contribution in [-0.2, 0) is 9.53 Å². The van der Waals surface area contributed by atoms with Crippen molar-refractivity contribution in [2.45, 2.75) is 52.6 Å². The molecule has 3 N–H and O–H groups in total. The third-order valence-electron chi connectivity index (χ3n) is 4.91. The van der Waals surface area contributed by atoms with Crippen LogP contribution in [0.15, 0.2) is 0 Å². The summed E-state index contributed by atoms with van der Waals surface area (Å²) in [6.45, 7) is 9.87. The molecule has 1 unspecified atom stereocenters. The highest BCUT2D eigenvalue weighted by molar-refractivity contribution is 5.79. The van der Waals surface area contributed by atoms with Gasteiger partial charge in [-0.1, -0.05) is 27.7 Å². The summed E-state index contributed by atoms with van der Waals surface area (Å²) in [6.07, 6.45) is 1.92. The van der Waals surface area contributed by atoms with Crippen LogP contribution in [0.2, 0.25) is 0 Å². The quantitative estimate of drug-likeness (QED) is 0.780. The Labute approximate surface area is 110 Å². The van der Waals surface area contributed by atoms with Gasteiger partial charge in [0, 0.05) is 29.5 Å². The van der Waals surface area contributed by atoms with Gasteiger partial charge in [-0.25, -0.2) is 0 Å². The van der Waals surface area contributed by atoms with Crippen molar-refractivity contribution in [1.29, 1.82) is 0 Å². The summed E-state index contributed by atoms with van der Waals surface area (Å²) < 4.78 is 5.38. The molecule has 2 aliphatic rings. The number of rotatable bonds is 2. The fourth-order valence-corrected chi connectivity index (χ4v) is 3.76. The standard InChI is InChI=1S/C14H26N2O2/c1-13(2)11(15)14(3,4)12(13)16-10(17)9-6-5-7-18-8-9/h9,11-12H,5-8,15H2,1-4H3,(H,16,17). The van der Waals surface area contributed by atoms with Crippen LogP contribution in [0, 0.1) is 16.7 Å². The summed E-state index contributed by atoms with van der Waals surface area (Å²) >= 11 is 0. The van der Waals surface area contributed by atoms with Gasteiger partial charge in [0.1, 0.15) is 0 Å². The molecule has 1 saturated carbocycles. The zero-order chi connectivity index (χ0) is 13.6. The van der Waals surface area contributed by atoms with Crippen LogP contribution in [0.25, 0.3) is 0 Å². The average molecular weight is 254 g/mol. The van der Waals surface area contributed by atoms with Crippen LogP contribution in [0.5, 0.6) is 0 Å². The normalized spacial score (nSPS) is 37.7. The first-order valence-electron chi connectivity index (χ1n) is 6.91. The van der Waals surface area contributed by atoms with Crippen molar-refractivity contribution >= 4 is 5.91 Å². The van der Waals surface area contributed by atoms with Crippen LogP contribution in [0.4, 0.5) is 0 Å². The van der Waals surface area contributed by atoms with Crippen molar-refractivity contribution in [3.8, 4) is 0 Å². The zero-order valence-electron chi connectivity index (χ0n) is 12.0. The third-order valence-corrected chi connectivity index (χ3v) is 4.91. The molecule has 2 fully saturated rings. The van der Waals surface area contributed by atoms with Gasteiger partial charge in [-0.05, 0) is 12.8 Å². The highest BCUT2D eigenvalue weighted by Gasteiger charge is 2.60. The second-order valence-corrected chi connectivity index (χ2v) is 6.98. The molecule has 1 atom stereocenters. The van der Waals surface area contributed by atoms with Crippen molar-refractivity contribution in [3.05, 3.63) is 0 Å². The molecule has 1 aliphatic heterocycles. The third kappa shape index (κ3) is 2.05. The molecular weight excluding hydrogens is 228 g/mol. The first-order chi connectivity index (χ1) is 8.28. The van der Waals surface area contributed by atoms with E-state index in [-0.39, 0.29) is 34.7 Å². The molecule has 1 saturated heterocycles. The van der Waals surface area contributed by atoms with Crippen LogP contribution < -0.4 is 11.1 Å². The van der Waals surface area contributed by atoms with Gasteiger partial charge in [0.2, 0.25) is 5.91 Å². The Morgan fingerprint density at radius 2 is 1.89 bits per heavy atom. The lowest BCUT2D eigenvalue weighted by atomic mass is 9.48. The highest BCUT2D eigenvalue weighted by Crippen LogP contribution is 2.52. The Morgan fingerprint density at radius 3 is 2.39 bits per heavy atom. The van der Waals surface area contributed by atoms with Gasteiger partial charge >= 0.3 is 0 Å². The summed E-state index contributed by atoms with van der Waals surface area (Å²) in [4.78, 5) is 12.3. The monoisotopic (exact) mass is 254 g/mol. The Balaban J connectivity index is 1.98. The lowest BCUT2D eigenvalue weighted by Crippen LogP contribution is -2.76. The first-order valence-corrected chi connectivity index (χ1v) is 6.91. The predicted octanol–water partition coefficient (Wildman–Crippen LogP) is 1.29. The van der Waals surface area contributed by atoms with Gasteiger partial charge in [0.25, 0.3) is 0 Å². The minimum Gasteiger partial charge on any atom is -0.381 e. The molecule has 0 radical (unpaired) electrons. The van der Waals surface area contributed by atoms with Gasteiger partial charge in [-0.15, -0.1) is 0 Å². The number of hydrogen-bond donors (Lipinski definition) is 2. The number of nitrogens with one attached hydrogen (secondary N) is 1. The molecule has 2 rings (SSSR count).